The van der Waals surface area contributed by atoms with E-state index in [1.807, 2.05) is 69.7 Å². The highest BCUT2D eigenvalue weighted by atomic mass is 31.2. The lowest BCUT2D eigenvalue weighted by atomic mass is 10.1. The molecule has 7 heteroatoms. The van der Waals surface area contributed by atoms with E-state index in [0.29, 0.717) is 12.4 Å². The van der Waals surface area contributed by atoms with Crippen LogP contribution in [-0.2, 0) is 13.6 Å². The number of guanidine groups is 1. The van der Waals surface area contributed by atoms with E-state index in [1.54, 1.807) is 9.80 Å². The minimum absolute atomic E-state index is 0.537. The van der Waals surface area contributed by atoms with E-state index in [1.165, 1.54) is 0 Å². The first-order valence-electron chi connectivity index (χ1n) is 7.18. The van der Waals surface area contributed by atoms with Crippen LogP contribution in [0.15, 0.2) is 4.76 Å². The number of nitrogens with zero attached hydrogens (tertiary/aromatic N) is 3. The number of hydrogen-bond acceptors (Lipinski definition) is 3. The topological polar surface area (TPSA) is 54.4 Å². The summed E-state index contributed by atoms with van der Waals surface area (Å²) >= 11 is 0. The fraction of sp³-hybridized carbons (Fsp3) is 0.929. The SMILES string of the molecule is CCC(C)(C)OP(=O)(N=C(N(C)C)N(C)C)OC(C)(C)C. The Balaban J connectivity index is 5.71. The van der Waals surface area contributed by atoms with E-state index in [2.05, 4.69) is 4.76 Å². The van der Waals surface area contributed by atoms with Gasteiger partial charge in [0.1, 0.15) is 0 Å². The molecule has 0 amide bonds. The molecule has 6 nitrogen and oxygen atoms in total. The fourth-order valence-corrected chi connectivity index (χ4v) is 3.61. The predicted octanol–water partition coefficient (Wildman–Crippen LogP) is 3.59. The molecule has 0 aromatic rings. The highest BCUT2D eigenvalue weighted by Crippen LogP contribution is 2.56. The quantitative estimate of drug-likeness (QED) is 0.440. The monoisotopic (exact) mass is 321 g/mol. The average Bonchev–Trinajstić information content (AvgIpc) is 2.21. The molecular formula is C14H32N3O3P. The van der Waals surface area contributed by atoms with Gasteiger partial charge in [-0.05, 0) is 41.0 Å². The van der Waals surface area contributed by atoms with Gasteiger partial charge in [0.05, 0.1) is 11.2 Å². The maximum atomic E-state index is 13.1. The van der Waals surface area contributed by atoms with Crippen molar-refractivity contribution in [1.29, 1.82) is 0 Å². The highest BCUT2D eigenvalue weighted by molar-refractivity contribution is 7.52. The molecular weight excluding hydrogens is 289 g/mol. The van der Waals surface area contributed by atoms with Gasteiger partial charge >= 0.3 is 7.75 Å². The van der Waals surface area contributed by atoms with Crippen LogP contribution in [-0.4, -0.2) is 55.2 Å². The zero-order valence-corrected chi connectivity index (χ0v) is 16.1. The van der Waals surface area contributed by atoms with Crippen LogP contribution in [0, 0.1) is 0 Å². The average molecular weight is 321 g/mol. The predicted molar refractivity (Wildman–Crippen MR) is 88.7 cm³/mol. The summed E-state index contributed by atoms with van der Waals surface area (Å²) in [5.74, 6) is 0.537. The summed E-state index contributed by atoms with van der Waals surface area (Å²) < 4.78 is 28.9. The molecule has 0 N–H and O–H groups in total. The van der Waals surface area contributed by atoms with Crippen molar-refractivity contribution in [3.8, 4) is 0 Å². The summed E-state index contributed by atoms with van der Waals surface area (Å²) in [4.78, 5) is 3.56. The Hall–Kier alpha value is -0.580. The van der Waals surface area contributed by atoms with Gasteiger partial charge in [-0.1, -0.05) is 6.92 Å². The molecule has 126 valence electrons. The van der Waals surface area contributed by atoms with E-state index in [-0.39, 0.29) is 0 Å². The number of hydrogen-bond donors (Lipinski definition) is 0. The van der Waals surface area contributed by atoms with Crippen molar-refractivity contribution in [3.63, 3.8) is 0 Å². The van der Waals surface area contributed by atoms with E-state index in [0.717, 1.165) is 0 Å². The minimum atomic E-state index is -3.64. The minimum Gasteiger partial charge on any atom is -0.349 e. The van der Waals surface area contributed by atoms with Crippen LogP contribution in [0.25, 0.3) is 0 Å². The van der Waals surface area contributed by atoms with E-state index >= 15 is 0 Å². The summed E-state index contributed by atoms with van der Waals surface area (Å²) in [6.07, 6.45) is 0.708. The molecule has 0 aromatic heterocycles. The summed E-state index contributed by atoms with van der Waals surface area (Å²) in [5.41, 5.74) is -1.19. The van der Waals surface area contributed by atoms with Crippen molar-refractivity contribution in [2.24, 2.45) is 4.76 Å². The third-order valence-electron chi connectivity index (χ3n) is 2.62. The molecule has 0 aliphatic carbocycles. The van der Waals surface area contributed by atoms with Crippen molar-refractivity contribution in [2.75, 3.05) is 28.2 Å². The second kappa shape index (κ2) is 7.12. The molecule has 0 radical (unpaired) electrons. The van der Waals surface area contributed by atoms with Crippen molar-refractivity contribution in [2.45, 2.75) is 59.2 Å². The lowest BCUT2D eigenvalue weighted by Crippen LogP contribution is -2.36. The molecule has 21 heavy (non-hydrogen) atoms. The van der Waals surface area contributed by atoms with Crippen LogP contribution >= 0.6 is 7.75 Å². The molecule has 0 bridgehead atoms. The largest absolute Gasteiger partial charge is 0.458 e. The molecule has 1 atom stereocenters. The number of rotatable bonds is 5. The van der Waals surface area contributed by atoms with Gasteiger partial charge in [0.2, 0.25) is 5.96 Å². The fourth-order valence-electron chi connectivity index (χ4n) is 1.47. The Labute approximate surface area is 130 Å². The van der Waals surface area contributed by atoms with Crippen molar-refractivity contribution in [1.82, 2.24) is 9.80 Å². The lowest BCUT2D eigenvalue weighted by Gasteiger charge is -2.32. The van der Waals surface area contributed by atoms with E-state index < -0.39 is 18.9 Å². The van der Waals surface area contributed by atoms with Crippen LogP contribution in [0.5, 0.6) is 0 Å². The Morgan fingerprint density at radius 2 is 1.43 bits per heavy atom. The first-order chi connectivity index (χ1) is 9.21. The first kappa shape index (κ1) is 20.4. The molecule has 0 fully saturated rings. The third-order valence-corrected chi connectivity index (χ3v) is 4.54. The van der Waals surface area contributed by atoms with Crippen LogP contribution in [0.4, 0.5) is 0 Å². The highest BCUT2D eigenvalue weighted by Gasteiger charge is 2.37. The third kappa shape index (κ3) is 7.84. The van der Waals surface area contributed by atoms with Gasteiger partial charge in [-0.15, -0.1) is 4.76 Å². The van der Waals surface area contributed by atoms with Gasteiger partial charge in [-0.3, -0.25) is 9.05 Å². The molecule has 0 heterocycles. The molecule has 0 saturated heterocycles. The molecule has 0 rings (SSSR count). The lowest BCUT2D eigenvalue weighted by molar-refractivity contribution is 0.0382. The summed E-state index contributed by atoms with van der Waals surface area (Å²) in [6.45, 7) is 11.2. The van der Waals surface area contributed by atoms with Gasteiger partial charge in [-0.25, -0.2) is 4.57 Å². The van der Waals surface area contributed by atoms with Gasteiger partial charge < -0.3 is 9.80 Å². The maximum Gasteiger partial charge on any atom is 0.458 e. The smallest absolute Gasteiger partial charge is 0.349 e. The summed E-state index contributed by atoms with van der Waals surface area (Å²) in [6, 6.07) is 0. The molecule has 0 spiro atoms. The van der Waals surface area contributed by atoms with Gasteiger partial charge in [0.25, 0.3) is 0 Å². The molecule has 0 aliphatic heterocycles. The second-order valence-electron chi connectivity index (χ2n) is 7.07. The van der Waals surface area contributed by atoms with Crippen LogP contribution in [0.2, 0.25) is 0 Å². The van der Waals surface area contributed by atoms with Crippen molar-refractivity contribution >= 4 is 13.7 Å². The Kier molecular flexibility index (Phi) is 6.92. The standard InChI is InChI=1S/C14H32N3O3P/c1-11-14(5,6)20-21(18,19-13(2,3)4)15-12(16(7)8)17(9)10/h11H2,1-10H3. The molecule has 0 aromatic carbocycles. The van der Waals surface area contributed by atoms with E-state index in [9.17, 15) is 4.57 Å². The van der Waals surface area contributed by atoms with Crippen LogP contribution in [0.3, 0.4) is 0 Å². The summed E-state index contributed by atoms with van der Waals surface area (Å²) in [7, 11) is 3.72. The first-order valence-corrected chi connectivity index (χ1v) is 8.67. The van der Waals surface area contributed by atoms with Crippen molar-refractivity contribution < 1.29 is 13.6 Å². The molecule has 1 unspecified atom stereocenters. The van der Waals surface area contributed by atoms with Gasteiger partial charge in [0.15, 0.2) is 0 Å². The van der Waals surface area contributed by atoms with Gasteiger partial charge in [0, 0.05) is 28.2 Å². The molecule has 0 saturated carbocycles. The Morgan fingerprint density at radius 1 is 1.00 bits per heavy atom. The Morgan fingerprint density at radius 3 is 1.71 bits per heavy atom. The normalized spacial score (nSPS) is 15.3. The van der Waals surface area contributed by atoms with E-state index in [4.69, 9.17) is 9.05 Å². The zero-order valence-electron chi connectivity index (χ0n) is 15.2. The Bertz CT molecular complexity index is 402. The van der Waals surface area contributed by atoms with Crippen LogP contribution < -0.4 is 0 Å². The van der Waals surface area contributed by atoms with Crippen LogP contribution in [0.1, 0.15) is 48.0 Å². The second-order valence-corrected chi connectivity index (χ2v) is 8.57. The summed E-state index contributed by atoms with van der Waals surface area (Å²) in [5, 5.41) is 0. The maximum absolute atomic E-state index is 13.1. The van der Waals surface area contributed by atoms with Gasteiger partial charge in [-0.2, -0.15) is 0 Å². The molecule has 0 aliphatic rings. The zero-order chi connectivity index (χ0) is 17.1. The van der Waals surface area contributed by atoms with Crippen molar-refractivity contribution in [3.05, 3.63) is 0 Å².